The third-order valence-corrected chi connectivity index (χ3v) is 5.01. The van der Waals surface area contributed by atoms with E-state index in [2.05, 4.69) is 4.98 Å². The van der Waals surface area contributed by atoms with E-state index in [-0.39, 0.29) is 11.8 Å². The molecule has 3 rings (SSSR count). The van der Waals surface area contributed by atoms with E-state index < -0.39 is 0 Å². The largest absolute Gasteiger partial charge is 0.459 e. The number of amides is 2. The lowest BCUT2D eigenvalue weighted by Gasteiger charge is -2.34. The molecule has 1 aliphatic rings. The van der Waals surface area contributed by atoms with E-state index in [1.165, 1.54) is 17.6 Å². The van der Waals surface area contributed by atoms with Gasteiger partial charge in [0.05, 0.1) is 18.6 Å². The quantitative estimate of drug-likeness (QED) is 0.841. The van der Waals surface area contributed by atoms with Gasteiger partial charge in [-0.2, -0.15) is 0 Å². The van der Waals surface area contributed by atoms with Crippen LogP contribution in [0.15, 0.2) is 22.8 Å². The van der Waals surface area contributed by atoms with Gasteiger partial charge in [0.25, 0.3) is 11.8 Å². The molecule has 0 bridgehead atoms. The average Bonchev–Trinajstić information content (AvgIpc) is 3.24. The highest BCUT2D eigenvalue weighted by Gasteiger charge is 2.28. The predicted octanol–water partition coefficient (Wildman–Crippen LogP) is 1.79. The third kappa shape index (κ3) is 3.34. The van der Waals surface area contributed by atoms with Crippen LogP contribution in [0.3, 0.4) is 0 Å². The first kappa shape index (κ1) is 16.7. The highest BCUT2D eigenvalue weighted by Crippen LogP contribution is 2.21. The summed E-state index contributed by atoms with van der Waals surface area (Å²) in [5.41, 5.74) is 0.728. The molecule has 0 spiro atoms. The lowest BCUT2D eigenvalue weighted by atomic mass is 10.2. The van der Waals surface area contributed by atoms with Gasteiger partial charge in [-0.15, -0.1) is 11.3 Å². The zero-order valence-corrected chi connectivity index (χ0v) is 14.5. The maximum Gasteiger partial charge on any atom is 0.289 e. The van der Waals surface area contributed by atoms with Crippen molar-refractivity contribution >= 4 is 23.2 Å². The Bertz CT molecular complexity index is 718. The smallest absolute Gasteiger partial charge is 0.289 e. The summed E-state index contributed by atoms with van der Waals surface area (Å²) in [5.74, 6) is 0.165. The molecule has 2 aromatic rings. The van der Waals surface area contributed by atoms with Gasteiger partial charge in [-0.25, -0.2) is 4.98 Å². The van der Waals surface area contributed by atoms with Gasteiger partial charge in [0, 0.05) is 33.3 Å². The first-order valence-electron chi connectivity index (χ1n) is 7.67. The summed E-state index contributed by atoms with van der Waals surface area (Å²) in [6.45, 7) is 4.23. The fourth-order valence-corrected chi connectivity index (χ4v) is 3.65. The molecule has 2 amide bonds. The van der Waals surface area contributed by atoms with Crippen molar-refractivity contribution in [2.45, 2.75) is 13.5 Å². The van der Waals surface area contributed by atoms with Gasteiger partial charge in [-0.05, 0) is 19.1 Å². The summed E-state index contributed by atoms with van der Waals surface area (Å²) in [6.07, 6.45) is 1.48. The van der Waals surface area contributed by atoms with Crippen LogP contribution in [-0.2, 0) is 11.3 Å². The van der Waals surface area contributed by atoms with Crippen molar-refractivity contribution in [3.63, 3.8) is 0 Å². The molecule has 0 unspecified atom stereocenters. The van der Waals surface area contributed by atoms with Crippen molar-refractivity contribution in [2.24, 2.45) is 0 Å². The SMILES string of the molecule is COCc1nc(C)c(C(=O)N2CCN(C(=O)c3ccco3)CC2)s1. The van der Waals surface area contributed by atoms with Crippen molar-refractivity contribution in [1.29, 1.82) is 0 Å². The fraction of sp³-hybridized carbons (Fsp3) is 0.438. The zero-order valence-electron chi connectivity index (χ0n) is 13.7. The summed E-state index contributed by atoms with van der Waals surface area (Å²) >= 11 is 1.37. The minimum Gasteiger partial charge on any atom is -0.459 e. The molecule has 7 nitrogen and oxygen atoms in total. The molecule has 24 heavy (non-hydrogen) atoms. The molecule has 0 saturated carbocycles. The van der Waals surface area contributed by atoms with Gasteiger partial charge >= 0.3 is 0 Å². The summed E-state index contributed by atoms with van der Waals surface area (Å²) in [4.78, 5) is 33.4. The second kappa shape index (κ2) is 7.14. The molecular formula is C16H19N3O4S. The number of carbonyl (C=O) groups excluding carboxylic acids is 2. The number of carbonyl (C=O) groups is 2. The lowest BCUT2D eigenvalue weighted by Crippen LogP contribution is -2.50. The van der Waals surface area contributed by atoms with Crippen LogP contribution in [0, 0.1) is 6.92 Å². The number of ether oxygens (including phenoxy) is 1. The van der Waals surface area contributed by atoms with Crippen LogP contribution in [0.25, 0.3) is 0 Å². The topological polar surface area (TPSA) is 75.9 Å². The molecule has 3 heterocycles. The number of thiazole rings is 1. The molecule has 1 saturated heterocycles. The number of rotatable bonds is 4. The Balaban J connectivity index is 1.62. The molecular weight excluding hydrogens is 330 g/mol. The number of hydrogen-bond donors (Lipinski definition) is 0. The molecule has 8 heteroatoms. The molecule has 0 N–H and O–H groups in total. The van der Waals surface area contributed by atoms with Gasteiger partial charge in [0.1, 0.15) is 9.88 Å². The van der Waals surface area contributed by atoms with E-state index in [0.29, 0.717) is 43.4 Å². The number of aryl methyl sites for hydroxylation is 1. The van der Waals surface area contributed by atoms with Crippen molar-refractivity contribution in [3.05, 3.63) is 39.7 Å². The molecule has 1 fully saturated rings. The number of nitrogens with zero attached hydrogens (tertiary/aromatic N) is 3. The number of methoxy groups -OCH3 is 1. The van der Waals surface area contributed by atoms with Crippen molar-refractivity contribution in [3.8, 4) is 0 Å². The first-order chi connectivity index (χ1) is 11.6. The number of furan rings is 1. The second-order valence-electron chi connectivity index (χ2n) is 5.52. The van der Waals surface area contributed by atoms with Gasteiger partial charge in [-0.1, -0.05) is 0 Å². The normalized spacial score (nSPS) is 14.9. The van der Waals surface area contributed by atoms with E-state index in [1.54, 1.807) is 29.0 Å². The third-order valence-electron chi connectivity index (χ3n) is 3.89. The Hall–Kier alpha value is -2.19. The molecule has 0 radical (unpaired) electrons. The Morgan fingerprint density at radius 1 is 1.25 bits per heavy atom. The average molecular weight is 349 g/mol. The predicted molar refractivity (Wildman–Crippen MR) is 88.1 cm³/mol. The van der Waals surface area contributed by atoms with E-state index in [9.17, 15) is 9.59 Å². The summed E-state index contributed by atoms with van der Waals surface area (Å²) in [6, 6.07) is 3.34. The molecule has 128 valence electrons. The summed E-state index contributed by atoms with van der Waals surface area (Å²) < 4.78 is 10.2. The van der Waals surface area contributed by atoms with Gasteiger partial charge in [0.15, 0.2) is 5.76 Å². The number of aromatic nitrogens is 1. The van der Waals surface area contributed by atoms with Crippen LogP contribution in [0.2, 0.25) is 0 Å². The van der Waals surface area contributed by atoms with E-state index in [1.807, 2.05) is 6.92 Å². The highest BCUT2D eigenvalue weighted by molar-refractivity contribution is 7.13. The zero-order chi connectivity index (χ0) is 17.1. The molecule has 0 aromatic carbocycles. The van der Waals surface area contributed by atoms with Crippen LogP contribution >= 0.6 is 11.3 Å². The molecule has 0 atom stereocenters. The van der Waals surface area contributed by atoms with Crippen molar-refractivity contribution < 1.29 is 18.7 Å². The number of piperazine rings is 1. The summed E-state index contributed by atoms with van der Waals surface area (Å²) in [7, 11) is 1.60. The van der Waals surface area contributed by atoms with Crippen LogP contribution in [-0.4, -0.2) is 59.9 Å². The van der Waals surface area contributed by atoms with Crippen LogP contribution in [0.1, 0.15) is 30.9 Å². The Kier molecular flexibility index (Phi) is 4.96. The van der Waals surface area contributed by atoms with Crippen molar-refractivity contribution in [2.75, 3.05) is 33.3 Å². The molecule has 2 aromatic heterocycles. The first-order valence-corrected chi connectivity index (χ1v) is 8.49. The van der Waals surface area contributed by atoms with Gasteiger partial charge in [-0.3, -0.25) is 9.59 Å². The van der Waals surface area contributed by atoms with E-state index >= 15 is 0 Å². The van der Waals surface area contributed by atoms with Gasteiger partial charge < -0.3 is 19.0 Å². The second-order valence-corrected chi connectivity index (χ2v) is 6.60. The Morgan fingerprint density at radius 3 is 2.50 bits per heavy atom. The fourth-order valence-electron chi connectivity index (χ4n) is 2.65. The minimum absolute atomic E-state index is 0.0301. The highest BCUT2D eigenvalue weighted by atomic mass is 32.1. The summed E-state index contributed by atoms with van der Waals surface area (Å²) in [5, 5.41) is 0.796. The Morgan fingerprint density at radius 2 is 1.92 bits per heavy atom. The van der Waals surface area contributed by atoms with Gasteiger partial charge in [0.2, 0.25) is 0 Å². The van der Waals surface area contributed by atoms with Crippen LogP contribution in [0.5, 0.6) is 0 Å². The van der Waals surface area contributed by atoms with Crippen molar-refractivity contribution in [1.82, 2.24) is 14.8 Å². The van der Waals surface area contributed by atoms with E-state index in [0.717, 1.165) is 10.7 Å². The standard InChI is InChI=1S/C16H19N3O4S/c1-11-14(24-13(17-11)10-22-2)16(21)19-7-5-18(6-8-19)15(20)12-4-3-9-23-12/h3-4,9H,5-8,10H2,1-2H3. The van der Waals surface area contributed by atoms with Crippen LogP contribution in [0.4, 0.5) is 0 Å². The maximum absolute atomic E-state index is 12.7. The van der Waals surface area contributed by atoms with Crippen LogP contribution < -0.4 is 0 Å². The Labute approximate surface area is 143 Å². The maximum atomic E-state index is 12.7. The molecule has 0 aliphatic carbocycles. The number of hydrogen-bond acceptors (Lipinski definition) is 6. The minimum atomic E-state index is -0.136. The molecule has 1 aliphatic heterocycles. The monoisotopic (exact) mass is 349 g/mol. The van der Waals surface area contributed by atoms with E-state index in [4.69, 9.17) is 9.15 Å². The lowest BCUT2D eigenvalue weighted by molar-refractivity contribution is 0.0520.